The zero-order chi connectivity index (χ0) is 36.0. The van der Waals surface area contributed by atoms with E-state index in [0.717, 1.165) is 11.4 Å². The summed E-state index contributed by atoms with van der Waals surface area (Å²) in [5.74, 6) is -0.792. The first kappa shape index (κ1) is 40.9. The third kappa shape index (κ3) is 14.0. The van der Waals surface area contributed by atoms with Crippen LogP contribution in [-0.4, -0.2) is 74.8 Å². The van der Waals surface area contributed by atoms with E-state index < -0.39 is 36.1 Å². The van der Waals surface area contributed by atoms with E-state index in [4.69, 9.17) is 4.42 Å². The van der Waals surface area contributed by atoms with Gasteiger partial charge in [-0.3, -0.25) is 23.9 Å². The Labute approximate surface area is 290 Å². The highest BCUT2D eigenvalue weighted by Crippen LogP contribution is 2.18. The minimum absolute atomic E-state index is 0.0768. The van der Waals surface area contributed by atoms with Crippen LogP contribution in [0.1, 0.15) is 84.4 Å². The summed E-state index contributed by atoms with van der Waals surface area (Å²) in [6.45, 7) is 15.9. The molecule has 12 nitrogen and oxygen atoms in total. The SMILES string of the molecule is CSCC[C@H](NC(=O)[C@@H](C)Cn1nc(C)cc1C)C(=O)N[C@@H](CC(C)C)[C@@H](O)C[C@@H](C)C(=O)N[C@@H](CC(C)C)C(=O)NCc1ccco1. The summed E-state index contributed by atoms with van der Waals surface area (Å²) in [4.78, 5) is 53.1. The monoisotopic (exact) mass is 690 g/mol. The number of aliphatic hydroxyl groups excluding tert-OH is 1. The average Bonchev–Trinajstić information content (AvgIpc) is 3.64. The Kier molecular flexibility index (Phi) is 17.2. The number of nitrogens with one attached hydrogen (secondary N) is 4. The van der Waals surface area contributed by atoms with Crippen molar-refractivity contribution in [3.05, 3.63) is 41.6 Å². The van der Waals surface area contributed by atoms with Crippen LogP contribution in [0, 0.1) is 37.5 Å². The van der Waals surface area contributed by atoms with Gasteiger partial charge in [-0.05, 0) is 81.6 Å². The van der Waals surface area contributed by atoms with Crippen molar-refractivity contribution in [1.82, 2.24) is 31.0 Å². The van der Waals surface area contributed by atoms with Crippen LogP contribution in [0.3, 0.4) is 0 Å². The Morgan fingerprint density at radius 2 is 1.52 bits per heavy atom. The van der Waals surface area contributed by atoms with Crippen LogP contribution >= 0.6 is 11.8 Å². The second-order valence-corrected chi connectivity index (χ2v) is 14.8. The van der Waals surface area contributed by atoms with E-state index in [2.05, 4.69) is 26.4 Å². The van der Waals surface area contributed by atoms with Gasteiger partial charge in [-0.1, -0.05) is 41.5 Å². The van der Waals surface area contributed by atoms with E-state index in [-0.39, 0.29) is 48.4 Å². The maximum absolute atomic E-state index is 13.6. The number of nitrogens with zero attached hydrogens (tertiary/aromatic N) is 2. The summed E-state index contributed by atoms with van der Waals surface area (Å²) in [5.41, 5.74) is 1.84. The van der Waals surface area contributed by atoms with Crippen molar-refractivity contribution in [2.75, 3.05) is 12.0 Å². The lowest BCUT2D eigenvalue weighted by atomic mass is 9.91. The number of carbonyl (C=O) groups is 4. The van der Waals surface area contributed by atoms with Gasteiger partial charge in [0, 0.05) is 11.6 Å². The molecule has 0 saturated heterocycles. The van der Waals surface area contributed by atoms with E-state index in [9.17, 15) is 24.3 Å². The molecule has 0 fully saturated rings. The molecule has 0 aliphatic heterocycles. The highest BCUT2D eigenvalue weighted by atomic mass is 32.2. The van der Waals surface area contributed by atoms with Gasteiger partial charge in [-0.15, -0.1) is 0 Å². The third-order valence-electron chi connectivity index (χ3n) is 8.16. The van der Waals surface area contributed by atoms with Crippen molar-refractivity contribution in [3.63, 3.8) is 0 Å². The molecule has 6 atom stereocenters. The van der Waals surface area contributed by atoms with Gasteiger partial charge in [0.15, 0.2) is 0 Å². The number of aryl methyl sites for hydroxylation is 2. The first-order chi connectivity index (χ1) is 22.6. The molecule has 0 bridgehead atoms. The highest BCUT2D eigenvalue weighted by Gasteiger charge is 2.31. The summed E-state index contributed by atoms with van der Waals surface area (Å²) in [5, 5.41) is 27.4. The van der Waals surface area contributed by atoms with Gasteiger partial charge in [-0.25, -0.2) is 0 Å². The van der Waals surface area contributed by atoms with Crippen LogP contribution in [0.25, 0.3) is 0 Å². The second kappa shape index (κ2) is 20.3. The van der Waals surface area contributed by atoms with E-state index in [1.165, 1.54) is 6.26 Å². The number of carbonyl (C=O) groups excluding carboxylic acids is 4. The van der Waals surface area contributed by atoms with Gasteiger partial charge in [-0.2, -0.15) is 16.9 Å². The molecule has 0 unspecified atom stereocenters. The summed E-state index contributed by atoms with van der Waals surface area (Å²) in [7, 11) is 0. The standard InChI is InChI=1S/C35H58N6O6S/c1-21(2)15-29(38-35(46)28(12-14-48-9)37-33(44)24(6)20-41-26(8)18-25(7)40-41)31(42)17-23(5)32(43)39-30(16-22(3)4)34(45)36-19-27-11-10-13-47-27/h10-11,13,18,21-24,28-31,42H,12,14-17,19-20H2,1-9H3,(H,36,45)(H,37,44)(H,38,46)(H,39,43)/t23-,24+,28+,29+,30+,31+/m1/s1. The number of thioether (sulfide) groups is 1. The van der Waals surface area contributed by atoms with Crippen molar-refractivity contribution in [2.45, 2.75) is 118 Å². The zero-order valence-electron chi connectivity index (χ0n) is 30.2. The van der Waals surface area contributed by atoms with Crippen LogP contribution in [0.4, 0.5) is 0 Å². The van der Waals surface area contributed by atoms with Crippen molar-refractivity contribution >= 4 is 35.4 Å². The van der Waals surface area contributed by atoms with E-state index in [1.54, 1.807) is 35.5 Å². The Hall–Kier alpha value is -3.32. The van der Waals surface area contributed by atoms with Crippen LogP contribution < -0.4 is 21.3 Å². The van der Waals surface area contributed by atoms with Gasteiger partial charge in [0.25, 0.3) is 0 Å². The minimum Gasteiger partial charge on any atom is -0.467 e. The van der Waals surface area contributed by atoms with E-state index in [0.29, 0.717) is 37.3 Å². The molecule has 4 amide bonds. The average molecular weight is 691 g/mol. The molecule has 13 heteroatoms. The number of furan rings is 1. The quantitative estimate of drug-likeness (QED) is 0.132. The van der Waals surface area contributed by atoms with Crippen LogP contribution in [0.15, 0.2) is 28.9 Å². The molecule has 0 spiro atoms. The Morgan fingerprint density at radius 1 is 0.875 bits per heavy atom. The number of hydrogen-bond acceptors (Lipinski definition) is 8. The van der Waals surface area contributed by atoms with Crippen molar-refractivity contribution < 1.29 is 28.7 Å². The smallest absolute Gasteiger partial charge is 0.242 e. The van der Waals surface area contributed by atoms with E-state index in [1.807, 2.05) is 60.8 Å². The Bertz CT molecular complexity index is 1300. The van der Waals surface area contributed by atoms with Gasteiger partial charge >= 0.3 is 0 Å². The lowest BCUT2D eigenvalue weighted by Gasteiger charge is -2.30. The molecule has 48 heavy (non-hydrogen) atoms. The predicted octanol–water partition coefficient (Wildman–Crippen LogP) is 3.73. The highest BCUT2D eigenvalue weighted by molar-refractivity contribution is 7.98. The molecule has 2 aromatic heterocycles. The number of aliphatic hydroxyl groups is 1. The van der Waals surface area contributed by atoms with Crippen molar-refractivity contribution in [2.24, 2.45) is 23.7 Å². The fourth-order valence-corrected chi connectivity index (χ4v) is 5.96. The molecule has 0 aliphatic carbocycles. The first-order valence-electron chi connectivity index (χ1n) is 17.0. The maximum atomic E-state index is 13.6. The van der Waals surface area contributed by atoms with Crippen LogP contribution in [0.2, 0.25) is 0 Å². The molecule has 2 rings (SSSR count). The Balaban J connectivity index is 2.06. The fraction of sp³-hybridized carbons (Fsp3) is 0.686. The van der Waals surface area contributed by atoms with Gasteiger partial charge in [0.05, 0.1) is 43.1 Å². The molecule has 0 aliphatic rings. The van der Waals surface area contributed by atoms with Crippen LogP contribution in [-0.2, 0) is 32.3 Å². The molecular weight excluding hydrogens is 632 g/mol. The lowest BCUT2D eigenvalue weighted by Crippen LogP contribution is -2.54. The Morgan fingerprint density at radius 3 is 2.08 bits per heavy atom. The maximum Gasteiger partial charge on any atom is 0.242 e. The summed E-state index contributed by atoms with van der Waals surface area (Å²) in [6, 6.07) is 3.28. The molecular formula is C35H58N6O6S. The van der Waals surface area contributed by atoms with Gasteiger partial charge < -0.3 is 30.8 Å². The molecule has 0 aromatic carbocycles. The van der Waals surface area contributed by atoms with Crippen LogP contribution in [0.5, 0.6) is 0 Å². The lowest BCUT2D eigenvalue weighted by molar-refractivity contribution is -0.133. The number of amides is 4. The summed E-state index contributed by atoms with van der Waals surface area (Å²) < 4.78 is 7.08. The minimum atomic E-state index is -1.03. The molecule has 2 aromatic rings. The van der Waals surface area contributed by atoms with Crippen molar-refractivity contribution in [3.8, 4) is 0 Å². The normalized spacial score (nSPS) is 15.3. The zero-order valence-corrected chi connectivity index (χ0v) is 31.0. The molecule has 5 N–H and O–H groups in total. The second-order valence-electron chi connectivity index (χ2n) is 13.8. The molecule has 0 saturated carbocycles. The largest absolute Gasteiger partial charge is 0.467 e. The third-order valence-corrected chi connectivity index (χ3v) is 8.80. The first-order valence-corrected chi connectivity index (χ1v) is 18.4. The topological polar surface area (TPSA) is 168 Å². The van der Waals surface area contributed by atoms with E-state index >= 15 is 0 Å². The number of aromatic nitrogens is 2. The fourth-order valence-electron chi connectivity index (χ4n) is 5.49. The summed E-state index contributed by atoms with van der Waals surface area (Å²) >= 11 is 1.58. The predicted molar refractivity (Wildman–Crippen MR) is 189 cm³/mol. The molecule has 270 valence electrons. The molecule has 0 radical (unpaired) electrons. The van der Waals surface area contributed by atoms with Crippen molar-refractivity contribution in [1.29, 1.82) is 0 Å². The number of rotatable bonds is 21. The van der Waals surface area contributed by atoms with Gasteiger partial charge in [0.2, 0.25) is 23.6 Å². The summed E-state index contributed by atoms with van der Waals surface area (Å²) in [6.07, 6.45) is 3.86. The van der Waals surface area contributed by atoms with Gasteiger partial charge in [0.1, 0.15) is 17.8 Å². The molecule has 2 heterocycles. The number of hydrogen-bond donors (Lipinski definition) is 5.